The number of hydrogen-bond acceptors (Lipinski definition) is 4. The first-order chi connectivity index (χ1) is 8.81. The normalized spacial score (nSPS) is 10.1. The molecule has 0 saturated carbocycles. The summed E-state index contributed by atoms with van der Waals surface area (Å²) in [4.78, 5) is 0. The van der Waals surface area contributed by atoms with E-state index in [1.54, 1.807) is 20.3 Å². The van der Waals surface area contributed by atoms with E-state index in [0.717, 1.165) is 38.1 Å². The summed E-state index contributed by atoms with van der Waals surface area (Å²) in [6, 6.07) is 7.75. The number of nitrogens with zero attached hydrogens (tertiary/aromatic N) is 1. The fraction of sp³-hybridized carbons (Fsp3) is 0.500. The molecule has 0 aliphatic carbocycles. The highest BCUT2D eigenvalue weighted by atomic mass is 16.5. The summed E-state index contributed by atoms with van der Waals surface area (Å²) in [5.74, 6) is 0.635. The summed E-state index contributed by atoms with van der Waals surface area (Å²) in [6.45, 7) is 2.56. The van der Waals surface area contributed by atoms with E-state index in [9.17, 15) is 0 Å². The van der Waals surface area contributed by atoms with E-state index in [-0.39, 0.29) is 0 Å². The number of unbranched alkanes of at least 4 members (excludes halogenated alkanes) is 1. The topological polar surface area (TPSA) is 54.3 Å². The molecular formula is C14H20N2O2. The van der Waals surface area contributed by atoms with E-state index in [0.29, 0.717) is 11.3 Å². The summed E-state index contributed by atoms with van der Waals surface area (Å²) in [5, 5.41) is 12.2. The van der Waals surface area contributed by atoms with E-state index in [1.165, 1.54) is 0 Å². The predicted molar refractivity (Wildman–Crippen MR) is 70.5 cm³/mol. The molecule has 98 valence electrons. The van der Waals surface area contributed by atoms with Gasteiger partial charge in [-0.1, -0.05) is 6.07 Å². The van der Waals surface area contributed by atoms with Gasteiger partial charge in [0.2, 0.25) is 0 Å². The van der Waals surface area contributed by atoms with Gasteiger partial charge in [0.1, 0.15) is 11.8 Å². The number of nitriles is 1. The van der Waals surface area contributed by atoms with Crippen LogP contribution in [0.3, 0.4) is 0 Å². The monoisotopic (exact) mass is 248 g/mol. The highest BCUT2D eigenvalue weighted by Crippen LogP contribution is 2.18. The highest BCUT2D eigenvalue weighted by molar-refractivity contribution is 5.45. The maximum absolute atomic E-state index is 8.88. The second-order valence-corrected chi connectivity index (χ2v) is 4.02. The molecule has 0 bridgehead atoms. The van der Waals surface area contributed by atoms with Gasteiger partial charge in [0.25, 0.3) is 0 Å². The first kappa shape index (κ1) is 14.5. The van der Waals surface area contributed by atoms with Crippen LogP contribution in [0.25, 0.3) is 0 Å². The van der Waals surface area contributed by atoms with E-state index in [1.807, 2.05) is 12.1 Å². The van der Waals surface area contributed by atoms with Gasteiger partial charge in [0, 0.05) is 20.3 Å². The number of benzene rings is 1. The number of nitrogens with one attached hydrogen (secondary N) is 1. The van der Waals surface area contributed by atoms with Crippen LogP contribution in [0.5, 0.6) is 5.75 Å². The molecule has 4 heteroatoms. The van der Waals surface area contributed by atoms with Crippen LogP contribution in [0.2, 0.25) is 0 Å². The molecule has 1 N–H and O–H groups in total. The van der Waals surface area contributed by atoms with E-state index in [4.69, 9.17) is 14.7 Å². The van der Waals surface area contributed by atoms with Gasteiger partial charge in [-0.3, -0.25) is 0 Å². The van der Waals surface area contributed by atoms with Crippen LogP contribution in [-0.4, -0.2) is 27.4 Å². The van der Waals surface area contributed by atoms with Crippen LogP contribution >= 0.6 is 0 Å². The van der Waals surface area contributed by atoms with Gasteiger partial charge in [-0.05, 0) is 37.1 Å². The van der Waals surface area contributed by atoms with Crippen molar-refractivity contribution < 1.29 is 9.47 Å². The first-order valence-electron chi connectivity index (χ1n) is 6.08. The molecule has 0 fully saturated rings. The smallest absolute Gasteiger partial charge is 0.136 e. The summed E-state index contributed by atoms with van der Waals surface area (Å²) in [5.41, 5.74) is 1.69. The zero-order chi connectivity index (χ0) is 13.2. The molecule has 4 nitrogen and oxygen atoms in total. The van der Waals surface area contributed by atoms with Crippen molar-refractivity contribution >= 4 is 0 Å². The number of hydrogen-bond donors (Lipinski definition) is 1. The fourth-order valence-electron chi connectivity index (χ4n) is 1.67. The van der Waals surface area contributed by atoms with Gasteiger partial charge in [-0.2, -0.15) is 5.26 Å². The van der Waals surface area contributed by atoms with Crippen molar-refractivity contribution in [3.05, 3.63) is 29.3 Å². The molecule has 0 saturated heterocycles. The number of rotatable bonds is 8. The Morgan fingerprint density at radius 1 is 1.28 bits per heavy atom. The molecule has 1 aromatic rings. The summed E-state index contributed by atoms with van der Waals surface area (Å²) >= 11 is 0. The minimum absolute atomic E-state index is 0.571. The second kappa shape index (κ2) is 8.51. The molecule has 0 radical (unpaired) electrons. The van der Waals surface area contributed by atoms with Crippen LogP contribution in [0.1, 0.15) is 24.0 Å². The minimum atomic E-state index is 0.571. The largest absolute Gasteiger partial charge is 0.495 e. The van der Waals surface area contributed by atoms with Gasteiger partial charge in [0.05, 0.1) is 12.7 Å². The van der Waals surface area contributed by atoms with Crippen molar-refractivity contribution in [3.8, 4) is 11.8 Å². The lowest BCUT2D eigenvalue weighted by atomic mass is 10.1. The fourth-order valence-corrected chi connectivity index (χ4v) is 1.67. The molecule has 0 atom stereocenters. The third-order valence-corrected chi connectivity index (χ3v) is 2.67. The zero-order valence-electron chi connectivity index (χ0n) is 11.0. The van der Waals surface area contributed by atoms with Crippen LogP contribution in [-0.2, 0) is 11.3 Å². The van der Waals surface area contributed by atoms with Gasteiger partial charge < -0.3 is 14.8 Å². The van der Waals surface area contributed by atoms with Gasteiger partial charge >= 0.3 is 0 Å². The molecule has 0 aromatic heterocycles. The molecule has 0 unspecified atom stereocenters. The number of methoxy groups -OCH3 is 2. The quantitative estimate of drug-likeness (QED) is 0.716. The number of ether oxygens (including phenoxy) is 2. The molecule has 0 amide bonds. The predicted octanol–water partition coefficient (Wildman–Crippen LogP) is 2.08. The van der Waals surface area contributed by atoms with Gasteiger partial charge in [-0.15, -0.1) is 0 Å². The maximum Gasteiger partial charge on any atom is 0.136 e. The van der Waals surface area contributed by atoms with Crippen LogP contribution in [0.4, 0.5) is 0 Å². The Balaban J connectivity index is 2.37. The van der Waals surface area contributed by atoms with Crippen molar-refractivity contribution in [2.24, 2.45) is 0 Å². The average molecular weight is 248 g/mol. The molecule has 0 heterocycles. The molecule has 0 aliphatic rings. The molecule has 18 heavy (non-hydrogen) atoms. The maximum atomic E-state index is 8.88. The standard InChI is InChI=1S/C14H20N2O2/c1-17-8-4-3-7-16-11-12-5-6-13(10-15)14(9-12)18-2/h5-6,9,16H,3-4,7-8,11H2,1-2H3. The second-order valence-electron chi connectivity index (χ2n) is 4.02. The van der Waals surface area contributed by atoms with Crippen molar-refractivity contribution in [1.82, 2.24) is 5.32 Å². The Hall–Kier alpha value is -1.57. The third-order valence-electron chi connectivity index (χ3n) is 2.67. The third kappa shape index (κ3) is 4.74. The Kier molecular flexibility index (Phi) is 6.85. The zero-order valence-corrected chi connectivity index (χ0v) is 11.0. The van der Waals surface area contributed by atoms with Crippen molar-refractivity contribution in [3.63, 3.8) is 0 Å². The molecule has 0 aliphatic heterocycles. The summed E-state index contributed by atoms with van der Waals surface area (Å²) in [7, 11) is 3.30. The Morgan fingerprint density at radius 2 is 2.11 bits per heavy atom. The van der Waals surface area contributed by atoms with Gasteiger partial charge in [0.15, 0.2) is 0 Å². The van der Waals surface area contributed by atoms with Gasteiger partial charge in [-0.25, -0.2) is 0 Å². The van der Waals surface area contributed by atoms with Crippen molar-refractivity contribution in [2.75, 3.05) is 27.4 Å². The van der Waals surface area contributed by atoms with Crippen molar-refractivity contribution in [2.45, 2.75) is 19.4 Å². The van der Waals surface area contributed by atoms with Crippen LogP contribution in [0.15, 0.2) is 18.2 Å². The summed E-state index contributed by atoms with van der Waals surface area (Å²) in [6.07, 6.45) is 2.17. The van der Waals surface area contributed by atoms with Crippen LogP contribution < -0.4 is 10.1 Å². The lowest BCUT2D eigenvalue weighted by molar-refractivity contribution is 0.192. The molecule has 1 aromatic carbocycles. The Bertz CT molecular complexity index is 399. The minimum Gasteiger partial charge on any atom is -0.495 e. The molecule has 1 rings (SSSR count). The highest BCUT2D eigenvalue weighted by Gasteiger charge is 2.03. The summed E-state index contributed by atoms with van der Waals surface area (Å²) < 4.78 is 10.2. The van der Waals surface area contributed by atoms with Crippen molar-refractivity contribution in [1.29, 1.82) is 5.26 Å². The van der Waals surface area contributed by atoms with E-state index in [2.05, 4.69) is 11.4 Å². The average Bonchev–Trinajstić information content (AvgIpc) is 2.42. The van der Waals surface area contributed by atoms with Crippen LogP contribution in [0, 0.1) is 11.3 Å². The first-order valence-corrected chi connectivity index (χ1v) is 6.08. The Morgan fingerprint density at radius 3 is 2.78 bits per heavy atom. The molecular weight excluding hydrogens is 228 g/mol. The lowest BCUT2D eigenvalue weighted by Gasteiger charge is -2.08. The van der Waals surface area contributed by atoms with E-state index >= 15 is 0 Å². The van der Waals surface area contributed by atoms with E-state index < -0.39 is 0 Å². The lowest BCUT2D eigenvalue weighted by Crippen LogP contribution is -2.15. The SMILES string of the molecule is COCCCCNCc1ccc(C#N)c(OC)c1. The molecule has 0 spiro atoms. The Labute approximate surface area is 109 Å².